The highest BCUT2D eigenvalue weighted by Gasteiger charge is 2.19. The first-order valence-electron chi connectivity index (χ1n) is 8.85. The molecule has 4 heteroatoms. The lowest BCUT2D eigenvalue weighted by Crippen LogP contribution is -2.05. The predicted molar refractivity (Wildman–Crippen MR) is 111 cm³/mol. The maximum Gasteiger partial charge on any atom is 0.266 e. The van der Waals surface area contributed by atoms with Crippen LogP contribution in [0.4, 0.5) is 0 Å². The minimum Gasteiger partial charge on any atom is -0.497 e. The molecule has 0 aliphatic heterocycles. The van der Waals surface area contributed by atoms with Gasteiger partial charge in [-0.05, 0) is 36.6 Å². The molecular formula is C22H21NO2S. The van der Waals surface area contributed by atoms with Crippen LogP contribution in [0.25, 0.3) is 32.1 Å². The fraction of sp³-hybridized carbons (Fsp3) is 0.227. The van der Waals surface area contributed by atoms with Crippen LogP contribution in [-0.2, 0) is 6.42 Å². The molecule has 0 amide bonds. The van der Waals surface area contributed by atoms with E-state index in [1.165, 1.54) is 10.4 Å². The number of fused-ring (bicyclic) bond motifs is 3. The molecule has 0 saturated heterocycles. The van der Waals surface area contributed by atoms with Crippen LogP contribution >= 0.6 is 11.3 Å². The largest absolute Gasteiger partial charge is 0.497 e. The summed E-state index contributed by atoms with van der Waals surface area (Å²) in [7, 11) is 1.68. The van der Waals surface area contributed by atoms with Gasteiger partial charge in [0.15, 0.2) is 0 Å². The van der Waals surface area contributed by atoms with Gasteiger partial charge in [-0.2, -0.15) is 0 Å². The minimum absolute atomic E-state index is 0.00898. The number of aryl methyl sites for hydroxylation is 2. The van der Waals surface area contributed by atoms with Crippen LogP contribution in [0.15, 0.2) is 47.3 Å². The summed E-state index contributed by atoms with van der Waals surface area (Å²) < 4.78 is 6.29. The lowest BCUT2D eigenvalue weighted by atomic mass is 9.97. The van der Waals surface area contributed by atoms with Gasteiger partial charge in [0.05, 0.1) is 12.6 Å². The van der Waals surface area contributed by atoms with Gasteiger partial charge in [0, 0.05) is 21.2 Å². The molecule has 2 heterocycles. The Hall–Kier alpha value is -2.59. The maximum atomic E-state index is 12.8. The van der Waals surface area contributed by atoms with E-state index >= 15 is 0 Å². The van der Waals surface area contributed by atoms with Crippen LogP contribution in [0.3, 0.4) is 0 Å². The highest BCUT2D eigenvalue weighted by Crippen LogP contribution is 2.42. The van der Waals surface area contributed by atoms with E-state index in [0.29, 0.717) is 0 Å². The van der Waals surface area contributed by atoms with E-state index in [1.807, 2.05) is 25.1 Å². The lowest BCUT2D eigenvalue weighted by molar-refractivity contribution is 0.415. The van der Waals surface area contributed by atoms with Gasteiger partial charge in [-0.25, -0.2) is 0 Å². The average molecular weight is 363 g/mol. The molecular weight excluding hydrogens is 342 g/mol. The molecule has 132 valence electrons. The van der Waals surface area contributed by atoms with Crippen LogP contribution < -0.4 is 10.3 Å². The number of rotatable bonds is 4. The molecule has 0 atom stereocenters. The van der Waals surface area contributed by atoms with Crippen molar-refractivity contribution in [3.8, 4) is 16.9 Å². The van der Waals surface area contributed by atoms with Crippen LogP contribution in [0.5, 0.6) is 5.75 Å². The standard InChI is InChI=1S/C22H21NO2S/c1-4-8-17-18(14-9-6-5-7-10-14)19-16-12-15(25-3)11-13(2)20(16)23-22(24)21(19)26-17/h5-7,9-12H,4,8H2,1-3H3,(H,23,24). The first-order valence-corrected chi connectivity index (χ1v) is 9.67. The maximum absolute atomic E-state index is 12.8. The third kappa shape index (κ3) is 2.61. The second-order valence-corrected chi connectivity index (χ2v) is 7.65. The summed E-state index contributed by atoms with van der Waals surface area (Å²) in [6.07, 6.45) is 2.01. The Kier molecular flexibility index (Phi) is 4.29. The van der Waals surface area contributed by atoms with Crippen molar-refractivity contribution in [2.75, 3.05) is 7.11 Å². The van der Waals surface area contributed by atoms with E-state index in [1.54, 1.807) is 18.4 Å². The number of H-pyrrole nitrogens is 1. The first-order chi connectivity index (χ1) is 12.6. The Labute approximate surface area is 156 Å². The van der Waals surface area contributed by atoms with Crippen molar-refractivity contribution in [3.63, 3.8) is 0 Å². The normalized spacial score (nSPS) is 11.3. The number of ether oxygens (including phenoxy) is 1. The molecule has 0 aliphatic rings. The van der Waals surface area contributed by atoms with E-state index in [2.05, 4.69) is 36.2 Å². The molecule has 0 spiro atoms. The van der Waals surface area contributed by atoms with Crippen LogP contribution in [0.1, 0.15) is 23.8 Å². The van der Waals surface area contributed by atoms with Gasteiger partial charge in [0.1, 0.15) is 10.4 Å². The lowest BCUT2D eigenvalue weighted by Gasteiger charge is -2.10. The molecule has 4 aromatic rings. The van der Waals surface area contributed by atoms with Crippen molar-refractivity contribution in [2.24, 2.45) is 0 Å². The van der Waals surface area contributed by atoms with E-state index in [0.717, 1.165) is 50.7 Å². The number of methoxy groups -OCH3 is 1. The summed E-state index contributed by atoms with van der Waals surface area (Å²) in [6, 6.07) is 14.4. The third-order valence-electron chi connectivity index (χ3n) is 4.78. The van der Waals surface area contributed by atoms with Gasteiger partial charge in [0.2, 0.25) is 0 Å². The Bertz CT molecular complexity index is 1160. The fourth-order valence-electron chi connectivity index (χ4n) is 3.61. The molecule has 0 radical (unpaired) electrons. The van der Waals surface area contributed by atoms with Crippen LogP contribution in [0.2, 0.25) is 0 Å². The average Bonchev–Trinajstić information content (AvgIpc) is 3.03. The second-order valence-electron chi connectivity index (χ2n) is 6.54. The molecule has 3 nitrogen and oxygen atoms in total. The number of thiophene rings is 1. The number of hydrogen-bond donors (Lipinski definition) is 1. The third-order valence-corrected chi connectivity index (χ3v) is 6.03. The second kappa shape index (κ2) is 6.61. The summed E-state index contributed by atoms with van der Waals surface area (Å²) in [5.41, 5.74) is 4.25. The molecule has 0 fully saturated rings. The highest BCUT2D eigenvalue weighted by molar-refractivity contribution is 7.19. The Morgan fingerprint density at radius 1 is 1.15 bits per heavy atom. The van der Waals surface area contributed by atoms with Gasteiger partial charge in [-0.1, -0.05) is 43.7 Å². The van der Waals surface area contributed by atoms with E-state index in [9.17, 15) is 4.79 Å². The summed E-state index contributed by atoms with van der Waals surface area (Å²) in [4.78, 5) is 17.2. The quantitative estimate of drug-likeness (QED) is 0.507. The van der Waals surface area contributed by atoms with Gasteiger partial charge < -0.3 is 9.72 Å². The molecule has 2 aromatic carbocycles. The number of aromatic nitrogens is 1. The van der Waals surface area contributed by atoms with Crippen LogP contribution in [-0.4, -0.2) is 12.1 Å². The van der Waals surface area contributed by atoms with Gasteiger partial charge in [-0.3, -0.25) is 4.79 Å². The zero-order chi connectivity index (χ0) is 18.3. The zero-order valence-electron chi connectivity index (χ0n) is 15.2. The van der Waals surface area contributed by atoms with Crippen molar-refractivity contribution < 1.29 is 4.74 Å². The smallest absolute Gasteiger partial charge is 0.266 e. The predicted octanol–water partition coefficient (Wildman–Crippen LogP) is 5.68. The molecule has 2 aromatic heterocycles. The SMILES string of the molecule is CCCc1sc2c(=O)[nH]c3c(C)cc(OC)cc3c2c1-c1ccccc1. The van der Waals surface area contributed by atoms with Crippen molar-refractivity contribution in [1.82, 2.24) is 4.98 Å². The van der Waals surface area contributed by atoms with Crippen LogP contribution in [0, 0.1) is 6.92 Å². The topological polar surface area (TPSA) is 42.1 Å². The molecule has 1 N–H and O–H groups in total. The molecule has 0 aliphatic carbocycles. The van der Waals surface area contributed by atoms with Crippen molar-refractivity contribution in [1.29, 1.82) is 0 Å². The monoisotopic (exact) mass is 363 g/mol. The summed E-state index contributed by atoms with van der Waals surface area (Å²) in [6.45, 7) is 4.18. The number of nitrogens with one attached hydrogen (secondary N) is 1. The minimum atomic E-state index is -0.00898. The molecule has 4 rings (SSSR count). The van der Waals surface area contributed by atoms with Gasteiger partial charge >= 0.3 is 0 Å². The van der Waals surface area contributed by atoms with E-state index in [4.69, 9.17) is 4.74 Å². The molecule has 26 heavy (non-hydrogen) atoms. The number of aromatic amines is 1. The van der Waals surface area contributed by atoms with Gasteiger partial charge in [0.25, 0.3) is 5.56 Å². The molecule has 0 saturated carbocycles. The summed E-state index contributed by atoms with van der Waals surface area (Å²) >= 11 is 1.62. The van der Waals surface area contributed by atoms with E-state index < -0.39 is 0 Å². The number of benzene rings is 2. The Balaban J connectivity index is 2.23. The van der Waals surface area contributed by atoms with Gasteiger partial charge in [-0.15, -0.1) is 11.3 Å². The Morgan fingerprint density at radius 2 is 1.92 bits per heavy atom. The zero-order valence-corrected chi connectivity index (χ0v) is 16.0. The summed E-state index contributed by atoms with van der Waals surface area (Å²) in [5.74, 6) is 0.811. The highest BCUT2D eigenvalue weighted by atomic mass is 32.1. The fourth-order valence-corrected chi connectivity index (χ4v) is 4.95. The number of hydrogen-bond acceptors (Lipinski definition) is 3. The first kappa shape index (κ1) is 16.9. The van der Waals surface area contributed by atoms with Crippen molar-refractivity contribution >= 4 is 32.3 Å². The van der Waals surface area contributed by atoms with E-state index in [-0.39, 0.29) is 5.56 Å². The van der Waals surface area contributed by atoms with Crippen molar-refractivity contribution in [2.45, 2.75) is 26.7 Å². The molecule has 0 unspecified atom stereocenters. The van der Waals surface area contributed by atoms with Crippen molar-refractivity contribution in [3.05, 3.63) is 63.3 Å². The Morgan fingerprint density at radius 3 is 2.62 bits per heavy atom. The summed E-state index contributed by atoms with van der Waals surface area (Å²) in [5, 5.41) is 2.10. The molecule has 0 bridgehead atoms. The number of pyridine rings is 1.